The van der Waals surface area contributed by atoms with Crippen LogP contribution in [0.1, 0.15) is 21.7 Å². The molecule has 1 aromatic heterocycles. The van der Waals surface area contributed by atoms with Crippen molar-refractivity contribution in [2.45, 2.75) is 12.8 Å². The van der Waals surface area contributed by atoms with Gasteiger partial charge in [0, 0.05) is 36.6 Å². The van der Waals surface area contributed by atoms with Crippen molar-refractivity contribution in [3.8, 4) is 0 Å². The predicted octanol–water partition coefficient (Wildman–Crippen LogP) is 3.94. The average molecular weight is 432 g/mol. The summed E-state index contributed by atoms with van der Waals surface area (Å²) in [5, 5.41) is 4.86. The first-order chi connectivity index (χ1) is 15.1. The van der Waals surface area contributed by atoms with Crippen LogP contribution in [0.2, 0.25) is 0 Å². The summed E-state index contributed by atoms with van der Waals surface area (Å²) in [5.41, 5.74) is 3.44. The van der Waals surface area contributed by atoms with Gasteiger partial charge >= 0.3 is 0 Å². The van der Waals surface area contributed by atoms with E-state index in [2.05, 4.69) is 5.32 Å². The molecule has 1 atom stereocenters. The number of para-hydroxylation sites is 1. The monoisotopic (exact) mass is 431 g/mol. The van der Waals surface area contributed by atoms with E-state index in [0.29, 0.717) is 18.8 Å². The van der Waals surface area contributed by atoms with Crippen molar-refractivity contribution >= 4 is 46.1 Å². The number of nitrogens with zero attached hydrogens (tertiary/aromatic N) is 2. The molecule has 6 nitrogen and oxygen atoms in total. The maximum absolute atomic E-state index is 12.8. The maximum Gasteiger partial charge on any atom is 0.268 e. The highest BCUT2D eigenvalue weighted by molar-refractivity contribution is 7.12. The van der Waals surface area contributed by atoms with Gasteiger partial charge in [0.2, 0.25) is 11.8 Å². The number of thiophene rings is 1. The average Bonchev–Trinajstić information content (AvgIpc) is 3.53. The molecule has 31 heavy (non-hydrogen) atoms. The van der Waals surface area contributed by atoms with Gasteiger partial charge in [-0.3, -0.25) is 14.4 Å². The Hall–Kier alpha value is -3.45. The number of anilines is 3. The number of carbonyl (C=O) groups is 3. The summed E-state index contributed by atoms with van der Waals surface area (Å²) in [4.78, 5) is 42.1. The third kappa shape index (κ3) is 3.72. The lowest BCUT2D eigenvalue weighted by Crippen LogP contribution is -2.28. The topological polar surface area (TPSA) is 69.7 Å². The lowest BCUT2D eigenvalue weighted by molar-refractivity contribution is -0.122. The van der Waals surface area contributed by atoms with Crippen LogP contribution in [0.15, 0.2) is 66.0 Å². The SMILES string of the molecule is O=C(Nc1ccc2c(c1)CCN2C(=O)c1cccs1)C1CC(=O)N(c2ccccc2)C1. The zero-order chi connectivity index (χ0) is 21.4. The van der Waals surface area contributed by atoms with Crippen molar-refractivity contribution in [2.24, 2.45) is 5.92 Å². The van der Waals surface area contributed by atoms with Crippen molar-refractivity contribution in [3.05, 3.63) is 76.5 Å². The van der Waals surface area contributed by atoms with E-state index in [9.17, 15) is 14.4 Å². The van der Waals surface area contributed by atoms with Crippen LogP contribution in [-0.2, 0) is 16.0 Å². The van der Waals surface area contributed by atoms with Crippen LogP contribution in [0.4, 0.5) is 17.1 Å². The van der Waals surface area contributed by atoms with Gasteiger partial charge in [0.25, 0.3) is 5.91 Å². The number of carbonyl (C=O) groups excluding carboxylic acids is 3. The molecule has 3 heterocycles. The van der Waals surface area contributed by atoms with E-state index in [1.54, 1.807) is 9.80 Å². The summed E-state index contributed by atoms with van der Waals surface area (Å²) in [6, 6.07) is 18.8. The van der Waals surface area contributed by atoms with E-state index >= 15 is 0 Å². The van der Waals surface area contributed by atoms with Crippen molar-refractivity contribution in [1.82, 2.24) is 0 Å². The van der Waals surface area contributed by atoms with Crippen molar-refractivity contribution in [2.75, 3.05) is 28.2 Å². The quantitative estimate of drug-likeness (QED) is 0.680. The molecular weight excluding hydrogens is 410 g/mol. The maximum atomic E-state index is 12.8. The minimum absolute atomic E-state index is 0.0102. The molecule has 2 aliphatic rings. The molecule has 1 saturated heterocycles. The first-order valence-electron chi connectivity index (χ1n) is 10.2. The molecule has 0 spiro atoms. The number of hydrogen-bond acceptors (Lipinski definition) is 4. The third-order valence-corrected chi connectivity index (χ3v) is 6.64. The molecule has 2 aromatic carbocycles. The molecule has 7 heteroatoms. The van der Waals surface area contributed by atoms with Gasteiger partial charge < -0.3 is 15.1 Å². The van der Waals surface area contributed by atoms with Crippen LogP contribution >= 0.6 is 11.3 Å². The molecular formula is C24H21N3O3S. The Kier molecular flexibility index (Phi) is 5.03. The Balaban J connectivity index is 1.27. The summed E-state index contributed by atoms with van der Waals surface area (Å²) < 4.78 is 0. The molecule has 0 saturated carbocycles. The molecule has 1 unspecified atom stereocenters. The van der Waals surface area contributed by atoms with Crippen LogP contribution in [0.25, 0.3) is 0 Å². The summed E-state index contributed by atoms with van der Waals surface area (Å²) >= 11 is 1.44. The van der Waals surface area contributed by atoms with Crippen molar-refractivity contribution in [1.29, 1.82) is 0 Å². The summed E-state index contributed by atoms with van der Waals surface area (Å²) in [5.74, 6) is -0.576. The number of amides is 3. The van der Waals surface area contributed by atoms with Crippen molar-refractivity contribution < 1.29 is 14.4 Å². The molecule has 1 fully saturated rings. The second kappa shape index (κ2) is 8.00. The fourth-order valence-corrected chi connectivity index (χ4v) is 4.88. The minimum Gasteiger partial charge on any atom is -0.326 e. The Morgan fingerprint density at radius 3 is 2.65 bits per heavy atom. The summed E-state index contributed by atoms with van der Waals surface area (Å²) in [6.45, 7) is 1.01. The van der Waals surface area contributed by atoms with Gasteiger partial charge in [-0.2, -0.15) is 0 Å². The second-order valence-electron chi connectivity index (χ2n) is 7.76. The van der Waals surface area contributed by atoms with Gasteiger partial charge in [0.1, 0.15) is 0 Å². The smallest absolute Gasteiger partial charge is 0.268 e. The molecule has 156 valence electrons. The fourth-order valence-electron chi connectivity index (χ4n) is 4.21. The Morgan fingerprint density at radius 2 is 1.87 bits per heavy atom. The van der Waals surface area contributed by atoms with Crippen LogP contribution < -0.4 is 15.1 Å². The van der Waals surface area contributed by atoms with Crippen LogP contribution in [-0.4, -0.2) is 30.8 Å². The third-order valence-electron chi connectivity index (χ3n) is 5.78. The molecule has 1 N–H and O–H groups in total. The second-order valence-corrected chi connectivity index (χ2v) is 8.71. The molecule has 0 bridgehead atoms. The van der Waals surface area contributed by atoms with E-state index in [0.717, 1.165) is 28.2 Å². The van der Waals surface area contributed by atoms with E-state index in [-0.39, 0.29) is 24.1 Å². The molecule has 0 aliphatic carbocycles. The molecule has 3 aromatic rings. The first kappa shape index (κ1) is 19.5. The Bertz CT molecular complexity index is 1140. The van der Waals surface area contributed by atoms with Crippen LogP contribution in [0.5, 0.6) is 0 Å². The van der Waals surface area contributed by atoms with E-state index in [1.807, 2.05) is 66.0 Å². The number of benzene rings is 2. The van der Waals surface area contributed by atoms with E-state index < -0.39 is 5.92 Å². The first-order valence-corrected chi connectivity index (χ1v) is 11.1. The van der Waals surface area contributed by atoms with Crippen LogP contribution in [0.3, 0.4) is 0 Å². The highest BCUT2D eigenvalue weighted by Crippen LogP contribution is 2.33. The van der Waals surface area contributed by atoms with E-state index in [1.165, 1.54) is 11.3 Å². The van der Waals surface area contributed by atoms with Crippen molar-refractivity contribution in [3.63, 3.8) is 0 Å². The van der Waals surface area contributed by atoms with Gasteiger partial charge in [-0.25, -0.2) is 0 Å². The lowest BCUT2D eigenvalue weighted by Gasteiger charge is -2.17. The zero-order valence-corrected chi connectivity index (χ0v) is 17.6. The fraction of sp³-hybridized carbons (Fsp3) is 0.208. The largest absolute Gasteiger partial charge is 0.326 e. The number of rotatable bonds is 4. The Morgan fingerprint density at radius 1 is 1.03 bits per heavy atom. The summed E-state index contributed by atoms with van der Waals surface area (Å²) in [6.07, 6.45) is 0.953. The van der Waals surface area contributed by atoms with Gasteiger partial charge in [-0.15, -0.1) is 11.3 Å². The van der Waals surface area contributed by atoms with Gasteiger partial charge in [-0.05, 0) is 53.8 Å². The normalized spacial score (nSPS) is 17.7. The zero-order valence-electron chi connectivity index (χ0n) is 16.8. The van der Waals surface area contributed by atoms with E-state index in [4.69, 9.17) is 0 Å². The number of nitrogens with one attached hydrogen (secondary N) is 1. The molecule has 3 amide bonds. The Labute approximate surface area is 184 Å². The number of fused-ring (bicyclic) bond motifs is 1. The predicted molar refractivity (Wildman–Crippen MR) is 122 cm³/mol. The van der Waals surface area contributed by atoms with Gasteiger partial charge in [0.15, 0.2) is 0 Å². The molecule has 0 radical (unpaired) electrons. The van der Waals surface area contributed by atoms with Gasteiger partial charge in [0.05, 0.1) is 10.8 Å². The molecule has 2 aliphatic heterocycles. The molecule has 5 rings (SSSR count). The lowest BCUT2D eigenvalue weighted by atomic mass is 10.1. The standard InChI is InChI=1S/C24H21N3O3S/c28-22-14-17(15-27(22)19-5-2-1-3-6-19)23(29)25-18-8-9-20-16(13-18)10-11-26(20)24(30)21-7-4-12-31-21/h1-9,12-13,17H,10-11,14-15H2,(H,25,29). The highest BCUT2D eigenvalue weighted by Gasteiger charge is 2.35. The summed E-state index contributed by atoms with van der Waals surface area (Å²) in [7, 11) is 0. The minimum atomic E-state index is -0.391. The highest BCUT2D eigenvalue weighted by atomic mass is 32.1. The number of hydrogen-bond donors (Lipinski definition) is 1. The van der Waals surface area contributed by atoms with Crippen LogP contribution in [0, 0.1) is 5.92 Å². The van der Waals surface area contributed by atoms with Gasteiger partial charge in [-0.1, -0.05) is 24.3 Å².